The Hall–Kier alpha value is -3.44. The van der Waals surface area contributed by atoms with Crippen LogP contribution in [0.15, 0.2) is 30.6 Å². The number of aryl methyl sites for hydroxylation is 1. The number of amides is 2. The maximum Gasteiger partial charge on any atom is 0.408 e. The summed E-state index contributed by atoms with van der Waals surface area (Å²) in [7, 11) is 0. The zero-order valence-electron chi connectivity index (χ0n) is 21.2. The Labute approximate surface area is 218 Å². The van der Waals surface area contributed by atoms with Crippen LogP contribution in [0.25, 0.3) is 5.65 Å². The molecule has 9 nitrogen and oxygen atoms in total. The van der Waals surface area contributed by atoms with Gasteiger partial charge in [-0.05, 0) is 81.4 Å². The molecule has 3 aromatic rings. The maximum atomic E-state index is 12.8. The molecule has 12 heteroatoms. The van der Waals surface area contributed by atoms with Crippen LogP contribution in [0.2, 0.25) is 0 Å². The molecule has 0 aromatic carbocycles. The molecular weight excluding hydrogens is 499 g/mol. The fraction of sp³-hybridized carbons (Fsp3) is 0.577. The van der Waals surface area contributed by atoms with E-state index in [1.807, 2.05) is 24.5 Å². The highest BCUT2D eigenvalue weighted by Crippen LogP contribution is 2.50. The number of nitrogens with two attached hydrogens (primary N) is 1. The van der Waals surface area contributed by atoms with Crippen molar-refractivity contribution in [2.45, 2.75) is 70.6 Å². The summed E-state index contributed by atoms with van der Waals surface area (Å²) in [5.41, 5.74) is 7.88. The number of nitrogens with zero attached hydrogens (tertiary/aromatic N) is 5. The number of halogens is 3. The van der Waals surface area contributed by atoms with Gasteiger partial charge < -0.3 is 11.1 Å². The van der Waals surface area contributed by atoms with E-state index in [9.17, 15) is 22.8 Å². The summed E-state index contributed by atoms with van der Waals surface area (Å²) in [4.78, 5) is 27.2. The standard InChI is InChI=1S/C20H23F3N4O.C6H9N3O/c21-20(22,23)17-8-13(19(28)25-17)7-14-5-6-18-24-15(10-27(18)26-14)9-16(11-1-2-11)12-3-4-12;1-2-9-5(6(7)10)3-4-8-9/h5-6,10-13,16-17H,1-4,7-9H2,(H,25,28);3-4H,2H2,1H3,(H2,7,10). The number of nitrogens with one attached hydrogen (secondary N) is 1. The molecule has 3 aliphatic rings. The van der Waals surface area contributed by atoms with Crippen LogP contribution >= 0.6 is 0 Å². The van der Waals surface area contributed by atoms with E-state index in [1.54, 1.807) is 27.5 Å². The molecule has 2 amide bonds. The van der Waals surface area contributed by atoms with Gasteiger partial charge >= 0.3 is 6.18 Å². The van der Waals surface area contributed by atoms with Crippen molar-refractivity contribution in [1.29, 1.82) is 0 Å². The number of fused-ring (bicyclic) bond motifs is 1. The quantitative estimate of drug-likeness (QED) is 0.462. The number of alkyl halides is 3. The summed E-state index contributed by atoms with van der Waals surface area (Å²) in [5.74, 6) is 0.748. The van der Waals surface area contributed by atoms with Crippen molar-refractivity contribution in [2.75, 3.05) is 0 Å². The first-order valence-electron chi connectivity index (χ1n) is 13.1. The number of hydrogen-bond acceptors (Lipinski definition) is 5. The van der Waals surface area contributed by atoms with Gasteiger partial charge in [0.25, 0.3) is 5.91 Å². The summed E-state index contributed by atoms with van der Waals surface area (Å²) in [5, 5.41) is 10.4. The molecule has 2 atom stereocenters. The molecule has 0 radical (unpaired) electrons. The van der Waals surface area contributed by atoms with E-state index in [0.29, 0.717) is 17.9 Å². The number of aromatic nitrogens is 5. The van der Waals surface area contributed by atoms with Crippen LogP contribution in [0.3, 0.4) is 0 Å². The first-order valence-corrected chi connectivity index (χ1v) is 13.1. The molecule has 38 heavy (non-hydrogen) atoms. The third-order valence-corrected chi connectivity index (χ3v) is 7.65. The molecule has 2 aliphatic carbocycles. The van der Waals surface area contributed by atoms with E-state index in [4.69, 9.17) is 5.73 Å². The van der Waals surface area contributed by atoms with E-state index in [0.717, 1.165) is 35.5 Å². The summed E-state index contributed by atoms with van der Waals surface area (Å²) in [6.45, 7) is 2.57. The molecule has 2 unspecified atom stereocenters. The fourth-order valence-electron chi connectivity index (χ4n) is 5.36. The topological polar surface area (TPSA) is 120 Å². The van der Waals surface area contributed by atoms with Crippen molar-refractivity contribution in [1.82, 2.24) is 29.7 Å². The highest BCUT2D eigenvalue weighted by Gasteiger charge is 2.47. The van der Waals surface area contributed by atoms with Crippen molar-refractivity contribution >= 4 is 17.5 Å². The lowest BCUT2D eigenvalue weighted by atomic mass is 9.93. The first-order chi connectivity index (χ1) is 18.1. The minimum atomic E-state index is -4.40. The smallest absolute Gasteiger partial charge is 0.364 e. The molecule has 3 fully saturated rings. The Kier molecular flexibility index (Phi) is 7.15. The molecule has 1 saturated heterocycles. The monoisotopic (exact) mass is 531 g/mol. The predicted octanol–water partition coefficient (Wildman–Crippen LogP) is 3.32. The fourth-order valence-corrected chi connectivity index (χ4v) is 5.36. The molecule has 0 spiro atoms. The molecule has 3 aromatic heterocycles. The number of carbonyl (C=O) groups excluding carboxylic acids is 2. The van der Waals surface area contributed by atoms with Crippen LogP contribution in [0, 0.1) is 23.7 Å². The highest BCUT2D eigenvalue weighted by atomic mass is 19.4. The number of primary amides is 1. The second-order valence-corrected chi connectivity index (χ2v) is 10.5. The van der Waals surface area contributed by atoms with Crippen molar-refractivity contribution in [3.8, 4) is 0 Å². The predicted molar refractivity (Wildman–Crippen MR) is 132 cm³/mol. The minimum Gasteiger partial charge on any atom is -0.364 e. The Morgan fingerprint density at radius 2 is 1.87 bits per heavy atom. The van der Waals surface area contributed by atoms with Gasteiger partial charge in [0.15, 0.2) is 5.65 Å². The van der Waals surface area contributed by atoms with Gasteiger partial charge in [-0.25, -0.2) is 9.50 Å². The van der Waals surface area contributed by atoms with Crippen LogP contribution in [0.5, 0.6) is 0 Å². The maximum absolute atomic E-state index is 12.8. The van der Waals surface area contributed by atoms with Gasteiger partial charge in [0.2, 0.25) is 5.91 Å². The average Bonchev–Trinajstić information content (AvgIpc) is 3.76. The Bertz CT molecular complexity index is 1300. The van der Waals surface area contributed by atoms with E-state index < -0.39 is 30.0 Å². The second-order valence-electron chi connectivity index (χ2n) is 10.5. The molecule has 4 heterocycles. The van der Waals surface area contributed by atoms with Crippen LogP contribution in [0.1, 0.15) is 60.9 Å². The molecule has 2 saturated carbocycles. The number of hydrogen-bond donors (Lipinski definition) is 2. The van der Waals surface area contributed by atoms with Gasteiger partial charge in [-0.1, -0.05) is 0 Å². The van der Waals surface area contributed by atoms with Gasteiger partial charge in [-0.3, -0.25) is 14.3 Å². The van der Waals surface area contributed by atoms with E-state index in [-0.39, 0.29) is 12.8 Å². The molecule has 1 aliphatic heterocycles. The van der Waals surface area contributed by atoms with Crippen LogP contribution in [0.4, 0.5) is 13.2 Å². The van der Waals surface area contributed by atoms with Crippen LogP contribution in [-0.4, -0.2) is 48.4 Å². The molecule has 6 rings (SSSR count). The Morgan fingerprint density at radius 3 is 2.42 bits per heavy atom. The zero-order chi connectivity index (χ0) is 27.0. The summed E-state index contributed by atoms with van der Waals surface area (Å²) < 4.78 is 41.8. The summed E-state index contributed by atoms with van der Waals surface area (Å²) >= 11 is 0. The highest BCUT2D eigenvalue weighted by molar-refractivity contribution is 5.90. The van der Waals surface area contributed by atoms with Gasteiger partial charge in [-0.15, -0.1) is 0 Å². The molecule has 0 bridgehead atoms. The van der Waals surface area contributed by atoms with Crippen LogP contribution < -0.4 is 11.1 Å². The van der Waals surface area contributed by atoms with Gasteiger partial charge in [0.05, 0.1) is 17.6 Å². The summed E-state index contributed by atoms with van der Waals surface area (Å²) in [6.07, 6.45) is 5.37. The molecular formula is C26H32F3N7O2. The normalized spacial score (nSPS) is 21.4. The zero-order valence-corrected chi connectivity index (χ0v) is 21.2. The number of rotatable bonds is 8. The number of imidazole rings is 1. The van der Waals surface area contributed by atoms with E-state index in [1.165, 1.54) is 25.7 Å². The Morgan fingerprint density at radius 1 is 1.16 bits per heavy atom. The lowest BCUT2D eigenvalue weighted by Crippen LogP contribution is -2.38. The van der Waals surface area contributed by atoms with Crippen molar-refractivity contribution in [2.24, 2.45) is 29.4 Å². The van der Waals surface area contributed by atoms with E-state index in [2.05, 4.69) is 15.2 Å². The van der Waals surface area contributed by atoms with Gasteiger partial charge in [0.1, 0.15) is 11.7 Å². The lowest BCUT2D eigenvalue weighted by molar-refractivity contribution is -0.154. The molecule has 3 N–H and O–H groups in total. The van der Waals surface area contributed by atoms with E-state index >= 15 is 0 Å². The lowest BCUT2D eigenvalue weighted by Gasteiger charge is -2.13. The Balaban J connectivity index is 0.000000249. The molecule has 204 valence electrons. The van der Waals surface area contributed by atoms with Gasteiger partial charge in [0, 0.05) is 25.1 Å². The third kappa shape index (κ3) is 5.99. The second kappa shape index (κ2) is 10.4. The van der Waals surface area contributed by atoms with Crippen molar-refractivity contribution in [3.63, 3.8) is 0 Å². The van der Waals surface area contributed by atoms with Crippen LogP contribution in [-0.2, 0) is 24.2 Å². The first kappa shape index (κ1) is 26.2. The largest absolute Gasteiger partial charge is 0.408 e. The van der Waals surface area contributed by atoms with Gasteiger partial charge in [-0.2, -0.15) is 23.4 Å². The van der Waals surface area contributed by atoms with Crippen molar-refractivity contribution < 1.29 is 22.8 Å². The number of carbonyl (C=O) groups is 2. The summed E-state index contributed by atoms with van der Waals surface area (Å²) in [6, 6.07) is 3.45. The van der Waals surface area contributed by atoms with Crippen molar-refractivity contribution in [3.05, 3.63) is 47.7 Å². The minimum absolute atomic E-state index is 0.203. The average molecular weight is 532 g/mol. The SMILES string of the molecule is CCn1nccc1C(N)=O.O=C1NC(C(F)(F)F)CC1Cc1ccc2nc(CC(C3CC3)C3CC3)cn2n1. The third-order valence-electron chi connectivity index (χ3n) is 7.65.